The lowest BCUT2D eigenvalue weighted by Gasteiger charge is -2.32. The molecule has 0 spiro atoms. The van der Waals surface area contributed by atoms with E-state index in [0.29, 0.717) is 0 Å². The highest BCUT2D eigenvalue weighted by atomic mass is 19.4. The van der Waals surface area contributed by atoms with Crippen molar-refractivity contribution in [1.82, 2.24) is 0 Å². The predicted octanol–water partition coefficient (Wildman–Crippen LogP) is 5.04. The summed E-state index contributed by atoms with van der Waals surface area (Å²) in [6.07, 6.45) is -7.37. The lowest BCUT2D eigenvalue weighted by atomic mass is 10.0. The maximum atomic E-state index is 13.9. The van der Waals surface area contributed by atoms with Crippen LogP contribution in [0.15, 0.2) is 11.8 Å². The van der Waals surface area contributed by atoms with Crippen LogP contribution in [0.2, 0.25) is 0 Å². The van der Waals surface area contributed by atoms with E-state index in [0.717, 1.165) is 0 Å². The van der Waals surface area contributed by atoms with Gasteiger partial charge in [-0.2, -0.15) is 48.3 Å². The highest BCUT2D eigenvalue weighted by molar-refractivity contribution is 5.42. The Morgan fingerprint density at radius 1 is 0.677 bits per heavy atom. The van der Waals surface area contributed by atoms with Gasteiger partial charge in [-0.15, -0.1) is 0 Å². The molecule has 0 aliphatic heterocycles. The molecule has 0 saturated carbocycles. The van der Waals surface area contributed by atoms with E-state index < -0.39 is 83.3 Å². The minimum Gasteiger partial charge on any atom is -0.426 e. The first kappa shape index (κ1) is 26.7. The first-order valence-corrected chi connectivity index (χ1v) is 7.14. The summed E-state index contributed by atoms with van der Waals surface area (Å²) in [4.78, 5) is 0. The van der Waals surface area contributed by atoms with Gasteiger partial charge in [0.1, 0.15) is 0 Å². The van der Waals surface area contributed by atoms with Gasteiger partial charge in [-0.05, 0) is 0 Å². The summed E-state index contributed by atoms with van der Waals surface area (Å²) < 4.78 is 186. The number of allylic oxidation sites excluding steroid dienone is 1. The van der Waals surface area contributed by atoms with Gasteiger partial charge in [0.25, 0.3) is 0 Å². The van der Waals surface area contributed by atoms with Crippen molar-refractivity contribution in [3.8, 4) is 5.75 Å². The first-order chi connectivity index (χ1) is 13.8. The Hall–Kier alpha value is -2.30. The number of aliphatic hydroxyl groups is 2. The van der Waals surface area contributed by atoms with Crippen molar-refractivity contribution < 1.29 is 76.4 Å². The van der Waals surface area contributed by atoms with Gasteiger partial charge < -0.3 is 14.9 Å². The second-order valence-corrected chi connectivity index (χ2v) is 5.46. The van der Waals surface area contributed by atoms with Crippen LogP contribution in [0.5, 0.6) is 5.75 Å². The van der Waals surface area contributed by atoms with E-state index in [1.165, 1.54) is 0 Å². The van der Waals surface area contributed by atoms with Gasteiger partial charge in [0.15, 0.2) is 23.2 Å². The zero-order chi connectivity index (χ0) is 24.7. The Labute approximate surface area is 161 Å². The Balaban J connectivity index is 3.64. The number of rotatable bonds is 7. The number of alkyl halides is 9. The van der Waals surface area contributed by atoms with Crippen LogP contribution in [0.3, 0.4) is 0 Å². The molecule has 0 heterocycles. The van der Waals surface area contributed by atoms with E-state index in [2.05, 4.69) is 4.74 Å². The standard InChI is InChI=1S/C14H6F14O3/c15-5-3(1-29)7(17)8(4(2-30)6(5)16)31-10(19)9(18)11(20,21)12(22,23)13(24,25)14(26,27)28/h29-30H,1-2H2. The fourth-order valence-electron chi connectivity index (χ4n) is 1.89. The highest BCUT2D eigenvalue weighted by Gasteiger charge is 2.83. The molecule has 0 atom stereocenters. The largest absolute Gasteiger partial charge is 0.460 e. The summed E-state index contributed by atoms with van der Waals surface area (Å²) in [6, 6.07) is -3.77. The monoisotopic (exact) mass is 488 g/mol. The van der Waals surface area contributed by atoms with Crippen molar-refractivity contribution >= 4 is 0 Å². The van der Waals surface area contributed by atoms with Crippen molar-refractivity contribution in [2.24, 2.45) is 0 Å². The Morgan fingerprint density at radius 2 is 1.10 bits per heavy atom. The molecule has 2 N–H and O–H groups in total. The molecule has 0 aliphatic rings. The van der Waals surface area contributed by atoms with Gasteiger partial charge in [0.2, 0.25) is 5.83 Å². The molecule has 0 bridgehead atoms. The lowest BCUT2D eigenvalue weighted by Crippen LogP contribution is -2.61. The fourth-order valence-corrected chi connectivity index (χ4v) is 1.89. The first-order valence-electron chi connectivity index (χ1n) is 7.14. The van der Waals surface area contributed by atoms with Gasteiger partial charge in [0.05, 0.1) is 24.3 Å². The Morgan fingerprint density at radius 3 is 1.48 bits per heavy atom. The Bertz CT molecular complexity index is 874. The molecule has 0 saturated heterocycles. The predicted molar refractivity (Wildman–Crippen MR) is 68.9 cm³/mol. The Kier molecular flexibility index (Phi) is 7.18. The number of benzene rings is 1. The second kappa shape index (κ2) is 8.33. The third kappa shape index (κ3) is 4.11. The molecular formula is C14H6F14O3. The van der Waals surface area contributed by atoms with Crippen LogP contribution in [-0.4, -0.2) is 34.2 Å². The topological polar surface area (TPSA) is 49.7 Å². The average molecular weight is 488 g/mol. The number of aliphatic hydroxyl groups excluding tert-OH is 2. The zero-order valence-corrected chi connectivity index (χ0v) is 14.0. The van der Waals surface area contributed by atoms with E-state index in [1.54, 1.807) is 0 Å². The molecular weight excluding hydrogens is 482 g/mol. The van der Waals surface area contributed by atoms with E-state index >= 15 is 0 Å². The molecule has 178 valence electrons. The van der Waals surface area contributed by atoms with Crippen LogP contribution in [-0.2, 0) is 13.2 Å². The minimum atomic E-state index is -7.66. The van der Waals surface area contributed by atoms with Gasteiger partial charge in [-0.1, -0.05) is 0 Å². The number of hydrogen-bond donors (Lipinski definition) is 2. The molecule has 0 radical (unpaired) electrons. The summed E-state index contributed by atoms with van der Waals surface area (Å²) in [5.74, 6) is -36.1. The van der Waals surface area contributed by atoms with Gasteiger partial charge >= 0.3 is 30.0 Å². The second-order valence-electron chi connectivity index (χ2n) is 5.46. The van der Waals surface area contributed by atoms with Crippen LogP contribution >= 0.6 is 0 Å². The van der Waals surface area contributed by atoms with Gasteiger partial charge in [0, 0.05) is 0 Å². The summed E-state index contributed by atoms with van der Waals surface area (Å²) in [7, 11) is 0. The van der Waals surface area contributed by atoms with Crippen molar-refractivity contribution in [2.45, 2.75) is 37.2 Å². The third-order valence-electron chi connectivity index (χ3n) is 3.56. The average Bonchev–Trinajstić information content (AvgIpc) is 2.64. The molecule has 1 aromatic rings. The van der Waals surface area contributed by atoms with E-state index in [4.69, 9.17) is 10.2 Å². The maximum absolute atomic E-state index is 13.9. The van der Waals surface area contributed by atoms with Crippen molar-refractivity contribution in [3.63, 3.8) is 0 Å². The smallest absolute Gasteiger partial charge is 0.426 e. The molecule has 1 rings (SSSR count). The summed E-state index contributed by atoms with van der Waals surface area (Å²) in [5, 5.41) is 17.5. The van der Waals surface area contributed by atoms with Crippen molar-refractivity contribution in [1.29, 1.82) is 0 Å². The number of ether oxygens (including phenoxy) is 1. The van der Waals surface area contributed by atoms with Crippen LogP contribution in [0.4, 0.5) is 61.5 Å². The summed E-state index contributed by atoms with van der Waals surface area (Å²) >= 11 is 0. The van der Waals surface area contributed by atoms with Crippen molar-refractivity contribution in [3.05, 3.63) is 40.4 Å². The van der Waals surface area contributed by atoms with Crippen LogP contribution in [0, 0.1) is 17.5 Å². The van der Waals surface area contributed by atoms with Crippen LogP contribution in [0.1, 0.15) is 11.1 Å². The maximum Gasteiger partial charge on any atom is 0.460 e. The summed E-state index contributed by atoms with van der Waals surface area (Å²) in [6.45, 7) is -3.58. The van der Waals surface area contributed by atoms with E-state index in [9.17, 15) is 61.5 Å². The number of halogens is 14. The van der Waals surface area contributed by atoms with Gasteiger partial charge in [-0.3, -0.25) is 0 Å². The fraction of sp³-hybridized carbons (Fsp3) is 0.429. The lowest BCUT2D eigenvalue weighted by molar-refractivity contribution is -0.392. The summed E-state index contributed by atoms with van der Waals surface area (Å²) in [5.41, 5.74) is -3.51. The van der Waals surface area contributed by atoms with Crippen LogP contribution < -0.4 is 4.74 Å². The van der Waals surface area contributed by atoms with Crippen LogP contribution in [0.25, 0.3) is 0 Å². The molecule has 0 aliphatic carbocycles. The minimum absolute atomic E-state index is 1.72. The third-order valence-corrected chi connectivity index (χ3v) is 3.56. The van der Waals surface area contributed by atoms with E-state index in [-0.39, 0.29) is 0 Å². The molecule has 1 aromatic carbocycles. The molecule has 0 unspecified atom stereocenters. The number of hydrogen-bond acceptors (Lipinski definition) is 3. The zero-order valence-electron chi connectivity index (χ0n) is 14.0. The quantitative estimate of drug-likeness (QED) is 0.321. The molecule has 0 aromatic heterocycles. The molecule has 3 nitrogen and oxygen atoms in total. The molecule has 17 heteroatoms. The molecule has 31 heavy (non-hydrogen) atoms. The molecule has 0 amide bonds. The van der Waals surface area contributed by atoms with Gasteiger partial charge in [-0.25, -0.2) is 13.2 Å². The molecule has 0 fully saturated rings. The SMILES string of the molecule is OCc1c(F)c(F)c(CO)c(OC(F)=C(F)C(F)(F)C(F)(F)C(F)(F)C(F)(F)F)c1F. The highest BCUT2D eigenvalue weighted by Crippen LogP contribution is 2.56. The van der Waals surface area contributed by atoms with E-state index in [1.807, 2.05) is 0 Å². The normalized spacial score (nSPS) is 14.6. The van der Waals surface area contributed by atoms with Crippen molar-refractivity contribution in [2.75, 3.05) is 0 Å².